The maximum absolute atomic E-state index is 12.9. The number of carbonyl (C=O) groups excluding carboxylic acids is 3. The van der Waals surface area contributed by atoms with E-state index in [-0.39, 0.29) is 37.5 Å². The highest BCUT2D eigenvalue weighted by Crippen LogP contribution is 2.17. The molecule has 0 saturated heterocycles. The molecule has 1 atom stereocenters. The van der Waals surface area contributed by atoms with Crippen molar-refractivity contribution in [3.05, 3.63) is 60.8 Å². The first-order chi connectivity index (χ1) is 36.0. The Bertz CT molecular complexity index is 1310. The Morgan fingerprint density at radius 3 is 0.822 bits per heavy atom. The minimum absolute atomic E-state index is 0.0877. The summed E-state index contributed by atoms with van der Waals surface area (Å²) in [4.78, 5) is 38.3. The Labute approximate surface area is 453 Å². The topological polar surface area (TPSA) is 78.9 Å². The normalized spacial score (nSPS) is 12.4. The fourth-order valence-electron chi connectivity index (χ4n) is 9.19. The molecule has 73 heavy (non-hydrogen) atoms. The summed E-state index contributed by atoms with van der Waals surface area (Å²) in [5, 5.41) is 0. The predicted octanol–water partition coefficient (Wildman–Crippen LogP) is 21.6. The molecule has 0 saturated carbocycles. The Balaban J connectivity index is 4.35. The number of ether oxygens (including phenoxy) is 3. The van der Waals surface area contributed by atoms with E-state index in [9.17, 15) is 14.4 Å². The molecule has 0 fully saturated rings. The summed E-state index contributed by atoms with van der Waals surface area (Å²) in [5.41, 5.74) is 0. The zero-order valence-electron chi connectivity index (χ0n) is 48.7. The molecule has 0 aromatic rings. The molecule has 0 rings (SSSR count). The Morgan fingerprint density at radius 1 is 0.274 bits per heavy atom. The van der Waals surface area contributed by atoms with Gasteiger partial charge in [0.2, 0.25) is 0 Å². The third-order valence-electron chi connectivity index (χ3n) is 14.0. The molecule has 0 radical (unpaired) electrons. The number of carbonyl (C=O) groups is 3. The zero-order chi connectivity index (χ0) is 52.9. The minimum atomic E-state index is -0.795. The second-order valence-electron chi connectivity index (χ2n) is 21.3. The van der Waals surface area contributed by atoms with Crippen LogP contribution in [0.2, 0.25) is 0 Å². The van der Waals surface area contributed by atoms with E-state index in [1.165, 1.54) is 212 Å². The number of unbranched alkanes of at least 4 members (excludes halogenated alkanes) is 37. The number of esters is 3. The number of allylic oxidation sites excluding steroid dienone is 10. The number of hydrogen-bond acceptors (Lipinski definition) is 6. The van der Waals surface area contributed by atoms with E-state index >= 15 is 0 Å². The molecule has 6 heteroatoms. The van der Waals surface area contributed by atoms with Crippen molar-refractivity contribution in [1.29, 1.82) is 0 Å². The third kappa shape index (κ3) is 59.9. The fourth-order valence-corrected chi connectivity index (χ4v) is 9.19. The summed E-state index contributed by atoms with van der Waals surface area (Å²) in [6.45, 7) is 6.60. The first-order valence-corrected chi connectivity index (χ1v) is 31.8. The van der Waals surface area contributed by atoms with Crippen LogP contribution in [0.5, 0.6) is 0 Å². The van der Waals surface area contributed by atoms with Crippen molar-refractivity contribution in [1.82, 2.24) is 0 Å². The van der Waals surface area contributed by atoms with Gasteiger partial charge in [0.15, 0.2) is 6.10 Å². The van der Waals surface area contributed by atoms with Crippen molar-refractivity contribution in [2.24, 2.45) is 0 Å². The van der Waals surface area contributed by atoms with E-state index in [2.05, 4.69) is 81.5 Å². The van der Waals surface area contributed by atoms with Gasteiger partial charge in [-0.15, -0.1) is 0 Å². The summed E-state index contributed by atoms with van der Waals surface area (Å²) < 4.78 is 16.9. The summed E-state index contributed by atoms with van der Waals surface area (Å²) in [6.07, 6.45) is 78.0. The molecule has 0 aliphatic carbocycles. The Morgan fingerprint density at radius 2 is 0.493 bits per heavy atom. The molecule has 424 valence electrons. The summed E-state index contributed by atoms with van der Waals surface area (Å²) in [7, 11) is 0. The Hall–Kier alpha value is -2.89. The molecular weight excluding hydrogens is 901 g/mol. The molecule has 0 bridgehead atoms. The van der Waals surface area contributed by atoms with Crippen molar-refractivity contribution < 1.29 is 28.6 Å². The van der Waals surface area contributed by atoms with Crippen LogP contribution in [0.3, 0.4) is 0 Å². The highest BCUT2D eigenvalue weighted by molar-refractivity contribution is 5.71. The highest BCUT2D eigenvalue weighted by Gasteiger charge is 2.19. The van der Waals surface area contributed by atoms with Gasteiger partial charge in [0.1, 0.15) is 13.2 Å². The third-order valence-corrected chi connectivity index (χ3v) is 14.0. The largest absolute Gasteiger partial charge is 0.462 e. The van der Waals surface area contributed by atoms with Crippen LogP contribution in [0.4, 0.5) is 0 Å². The molecule has 0 aliphatic heterocycles. The molecule has 0 aliphatic rings. The average molecular weight is 1020 g/mol. The van der Waals surface area contributed by atoms with Crippen molar-refractivity contribution in [2.45, 2.75) is 335 Å². The van der Waals surface area contributed by atoms with Crippen molar-refractivity contribution in [2.75, 3.05) is 13.2 Å². The molecule has 0 N–H and O–H groups in total. The van der Waals surface area contributed by atoms with Crippen LogP contribution < -0.4 is 0 Å². The van der Waals surface area contributed by atoms with Crippen molar-refractivity contribution in [3.63, 3.8) is 0 Å². The van der Waals surface area contributed by atoms with E-state index in [1.54, 1.807) is 0 Å². The number of rotatable bonds is 58. The van der Waals surface area contributed by atoms with Crippen LogP contribution in [-0.4, -0.2) is 37.2 Å². The van der Waals surface area contributed by atoms with Gasteiger partial charge in [-0.2, -0.15) is 0 Å². The van der Waals surface area contributed by atoms with Gasteiger partial charge in [-0.25, -0.2) is 0 Å². The molecule has 0 heterocycles. The van der Waals surface area contributed by atoms with Crippen molar-refractivity contribution in [3.8, 4) is 0 Å². The van der Waals surface area contributed by atoms with Gasteiger partial charge in [0.05, 0.1) is 0 Å². The monoisotopic (exact) mass is 1020 g/mol. The summed E-state index contributed by atoms with van der Waals surface area (Å²) in [5.74, 6) is -0.913. The molecule has 0 aromatic carbocycles. The molecule has 0 spiro atoms. The standard InChI is InChI=1S/C67H120O6/c1-4-7-10-13-16-19-22-25-28-30-32-33-35-37-40-42-45-48-51-54-57-60-66(69)72-63-64(73-67(70)61-58-55-52-49-46-43-38-27-24-21-18-15-12-9-6-3)62-71-65(68)59-56-53-50-47-44-41-39-36-34-31-29-26-23-20-17-14-11-8-5-2/h17-18,20-21,26-27,29,38,46,49,64H,4-16,19,22-25,28,30-37,39-45,47-48,50-63H2,1-3H3/b20-17-,21-18-,29-26-,38-27-,49-46-/t64-/m1/s1. The minimum Gasteiger partial charge on any atom is -0.462 e. The zero-order valence-corrected chi connectivity index (χ0v) is 48.7. The van der Waals surface area contributed by atoms with Crippen LogP contribution in [0.25, 0.3) is 0 Å². The quantitative estimate of drug-likeness (QED) is 0.0261. The van der Waals surface area contributed by atoms with Gasteiger partial charge in [0, 0.05) is 19.3 Å². The van der Waals surface area contributed by atoms with E-state index in [0.29, 0.717) is 19.3 Å². The first kappa shape index (κ1) is 70.1. The lowest BCUT2D eigenvalue weighted by Crippen LogP contribution is -2.30. The van der Waals surface area contributed by atoms with Gasteiger partial charge < -0.3 is 14.2 Å². The first-order valence-electron chi connectivity index (χ1n) is 31.8. The van der Waals surface area contributed by atoms with Gasteiger partial charge in [-0.05, 0) is 89.9 Å². The summed E-state index contributed by atoms with van der Waals surface area (Å²) >= 11 is 0. The van der Waals surface area contributed by atoms with Gasteiger partial charge in [-0.3, -0.25) is 14.4 Å². The molecule has 0 amide bonds. The maximum Gasteiger partial charge on any atom is 0.306 e. The molecule has 0 unspecified atom stereocenters. The van der Waals surface area contributed by atoms with Crippen LogP contribution in [-0.2, 0) is 28.6 Å². The van der Waals surface area contributed by atoms with Gasteiger partial charge >= 0.3 is 17.9 Å². The van der Waals surface area contributed by atoms with Crippen LogP contribution in [0, 0.1) is 0 Å². The van der Waals surface area contributed by atoms with Gasteiger partial charge in [-0.1, -0.05) is 281 Å². The number of hydrogen-bond donors (Lipinski definition) is 0. The second-order valence-corrected chi connectivity index (χ2v) is 21.3. The second kappa shape index (κ2) is 61.7. The van der Waals surface area contributed by atoms with E-state index in [0.717, 1.165) is 70.6 Å². The van der Waals surface area contributed by atoms with Crippen LogP contribution in [0.1, 0.15) is 329 Å². The SMILES string of the molecule is CCCCC/C=C\C/C=C\C/C=C\CCCCC(=O)O[C@H](COC(=O)CCCCCCCCCCC/C=C\C/C=C\CCCCC)COC(=O)CCCCCCCCCCCCCCCCCCCCCCC. The van der Waals surface area contributed by atoms with E-state index in [4.69, 9.17) is 14.2 Å². The maximum atomic E-state index is 12.9. The molecule has 0 aromatic heterocycles. The van der Waals surface area contributed by atoms with Gasteiger partial charge in [0.25, 0.3) is 0 Å². The van der Waals surface area contributed by atoms with E-state index < -0.39 is 6.10 Å². The lowest BCUT2D eigenvalue weighted by atomic mass is 10.0. The average Bonchev–Trinajstić information content (AvgIpc) is 3.39. The lowest BCUT2D eigenvalue weighted by molar-refractivity contribution is -0.167. The lowest BCUT2D eigenvalue weighted by Gasteiger charge is -2.18. The fraction of sp³-hybridized carbons (Fsp3) is 0.806. The predicted molar refractivity (Wildman–Crippen MR) is 316 cm³/mol. The molecular formula is C67H120O6. The summed E-state index contributed by atoms with van der Waals surface area (Å²) in [6, 6.07) is 0. The Kier molecular flexibility index (Phi) is 59.2. The van der Waals surface area contributed by atoms with Crippen LogP contribution >= 0.6 is 0 Å². The van der Waals surface area contributed by atoms with Crippen LogP contribution in [0.15, 0.2) is 60.8 Å². The smallest absolute Gasteiger partial charge is 0.306 e. The van der Waals surface area contributed by atoms with Crippen molar-refractivity contribution >= 4 is 17.9 Å². The molecule has 6 nitrogen and oxygen atoms in total. The van der Waals surface area contributed by atoms with E-state index in [1.807, 2.05) is 0 Å². The highest BCUT2D eigenvalue weighted by atomic mass is 16.6.